The summed E-state index contributed by atoms with van der Waals surface area (Å²) in [5.41, 5.74) is 1.59. The molecule has 0 unspecified atom stereocenters. The lowest BCUT2D eigenvalue weighted by molar-refractivity contribution is -0.120. The Hall–Kier alpha value is -2.05. The number of nitrogens with one attached hydrogen (secondary N) is 1. The molecule has 1 aromatic carbocycles. The van der Waals surface area contributed by atoms with Crippen LogP contribution in [0.1, 0.15) is 11.1 Å². The van der Waals surface area contributed by atoms with Crippen LogP contribution in [0.2, 0.25) is 5.02 Å². The number of hydrogen-bond donors (Lipinski definition) is 2. The first-order valence-corrected chi connectivity index (χ1v) is 7.20. The first kappa shape index (κ1) is 16.3. The molecule has 0 aliphatic heterocycles. The summed E-state index contributed by atoms with van der Waals surface area (Å²) in [5, 5.41) is 16.7. The van der Waals surface area contributed by atoms with Crippen LogP contribution in [0.3, 0.4) is 0 Å². The number of aromatic hydroxyl groups is 1. The molecule has 0 spiro atoms. The van der Waals surface area contributed by atoms with E-state index in [0.29, 0.717) is 30.3 Å². The lowest BCUT2D eigenvalue weighted by Gasteiger charge is -2.06. The molecule has 0 saturated heterocycles. The van der Waals surface area contributed by atoms with Gasteiger partial charge in [0, 0.05) is 30.4 Å². The lowest BCUT2D eigenvalue weighted by atomic mass is 10.1. The number of phenols is 1. The summed E-state index contributed by atoms with van der Waals surface area (Å²) in [6.45, 7) is 1.67. The van der Waals surface area contributed by atoms with Crippen molar-refractivity contribution >= 4 is 17.5 Å². The number of nitrogens with zero attached hydrogens (tertiary/aromatic N) is 2. The maximum absolute atomic E-state index is 11.9. The van der Waals surface area contributed by atoms with E-state index in [1.54, 1.807) is 24.1 Å². The second-order valence-electron chi connectivity index (χ2n) is 4.83. The molecule has 118 valence electrons. The zero-order valence-corrected chi connectivity index (χ0v) is 13.0. The number of ether oxygens (including phenoxy) is 1. The van der Waals surface area contributed by atoms with E-state index in [1.807, 2.05) is 6.20 Å². The van der Waals surface area contributed by atoms with Gasteiger partial charge >= 0.3 is 0 Å². The Bertz CT molecular complexity index is 643. The van der Waals surface area contributed by atoms with Crippen LogP contribution in [0.4, 0.5) is 0 Å². The zero-order valence-electron chi connectivity index (χ0n) is 12.3. The molecule has 6 nitrogen and oxygen atoms in total. The van der Waals surface area contributed by atoms with E-state index in [-0.39, 0.29) is 18.1 Å². The molecule has 0 aliphatic rings. The first-order valence-electron chi connectivity index (χ1n) is 6.83. The Morgan fingerprint density at radius 2 is 2.32 bits per heavy atom. The van der Waals surface area contributed by atoms with Gasteiger partial charge in [0.1, 0.15) is 5.75 Å². The second-order valence-corrected chi connectivity index (χ2v) is 5.24. The summed E-state index contributed by atoms with van der Waals surface area (Å²) >= 11 is 5.98. The number of aromatic nitrogens is 2. The van der Waals surface area contributed by atoms with Crippen molar-refractivity contribution in [2.75, 3.05) is 13.7 Å². The third-order valence-electron chi connectivity index (χ3n) is 3.09. The number of carbonyl (C=O) groups excluding carboxylic acids is 1. The molecule has 0 aliphatic carbocycles. The van der Waals surface area contributed by atoms with E-state index in [1.165, 1.54) is 12.1 Å². The molecule has 0 fully saturated rings. The molecule has 2 N–H and O–H groups in total. The standard InChI is InChI=1S/C15H18ClN3O3/c1-22-5-4-19-10-11(9-18-19)8-17-15(21)6-12-2-3-13(20)7-14(12)16/h2-3,7,9-10,20H,4-6,8H2,1H3,(H,17,21). The molecule has 2 rings (SSSR count). The molecular weight excluding hydrogens is 306 g/mol. The fraction of sp³-hybridized carbons (Fsp3) is 0.333. The van der Waals surface area contributed by atoms with Crippen molar-refractivity contribution in [1.29, 1.82) is 0 Å². The number of amides is 1. The first-order chi connectivity index (χ1) is 10.6. The molecule has 22 heavy (non-hydrogen) atoms. The highest BCUT2D eigenvalue weighted by Gasteiger charge is 2.08. The quantitative estimate of drug-likeness (QED) is 0.814. The average molecular weight is 324 g/mol. The second kappa shape index (κ2) is 7.82. The molecule has 0 bridgehead atoms. The van der Waals surface area contributed by atoms with Crippen molar-refractivity contribution in [2.45, 2.75) is 19.5 Å². The Kier molecular flexibility index (Phi) is 5.80. The van der Waals surface area contributed by atoms with Gasteiger partial charge in [0.15, 0.2) is 0 Å². The molecule has 0 radical (unpaired) electrons. The monoisotopic (exact) mass is 323 g/mol. The van der Waals surface area contributed by atoms with Crippen LogP contribution < -0.4 is 5.32 Å². The summed E-state index contributed by atoms with van der Waals surface area (Å²) < 4.78 is 6.74. The van der Waals surface area contributed by atoms with Crippen molar-refractivity contribution in [2.24, 2.45) is 0 Å². The van der Waals surface area contributed by atoms with Crippen LogP contribution in [0, 0.1) is 0 Å². The molecule has 1 heterocycles. The lowest BCUT2D eigenvalue weighted by Crippen LogP contribution is -2.24. The number of phenolic OH excluding ortho intramolecular Hbond substituents is 1. The van der Waals surface area contributed by atoms with E-state index >= 15 is 0 Å². The number of halogens is 1. The summed E-state index contributed by atoms with van der Waals surface area (Å²) in [4.78, 5) is 11.9. The summed E-state index contributed by atoms with van der Waals surface area (Å²) in [7, 11) is 1.64. The molecule has 7 heteroatoms. The topological polar surface area (TPSA) is 76.4 Å². The highest BCUT2D eigenvalue weighted by Crippen LogP contribution is 2.21. The largest absolute Gasteiger partial charge is 0.508 e. The number of benzene rings is 1. The van der Waals surface area contributed by atoms with E-state index in [4.69, 9.17) is 16.3 Å². The Labute approximate surface area is 133 Å². The van der Waals surface area contributed by atoms with Crippen LogP contribution in [-0.4, -0.2) is 34.5 Å². The van der Waals surface area contributed by atoms with Gasteiger partial charge in [-0.1, -0.05) is 17.7 Å². The summed E-state index contributed by atoms with van der Waals surface area (Å²) in [5.74, 6) is -0.0603. The van der Waals surface area contributed by atoms with Crippen LogP contribution in [-0.2, 0) is 29.0 Å². The normalized spacial score (nSPS) is 10.6. The highest BCUT2D eigenvalue weighted by atomic mass is 35.5. The van der Waals surface area contributed by atoms with Crippen LogP contribution in [0.15, 0.2) is 30.6 Å². The van der Waals surface area contributed by atoms with Gasteiger partial charge in [-0.15, -0.1) is 0 Å². The van der Waals surface area contributed by atoms with E-state index in [0.717, 1.165) is 5.56 Å². The van der Waals surface area contributed by atoms with Crippen molar-refractivity contribution < 1.29 is 14.6 Å². The predicted octanol–water partition coefficient (Wildman–Crippen LogP) is 1.75. The smallest absolute Gasteiger partial charge is 0.224 e. The van der Waals surface area contributed by atoms with E-state index in [2.05, 4.69) is 10.4 Å². The zero-order chi connectivity index (χ0) is 15.9. The average Bonchev–Trinajstić information content (AvgIpc) is 2.94. The minimum atomic E-state index is -0.141. The minimum Gasteiger partial charge on any atom is -0.508 e. The Balaban J connectivity index is 1.83. The molecule has 2 aromatic rings. The molecule has 1 amide bonds. The number of methoxy groups -OCH3 is 1. The maximum atomic E-state index is 11.9. The Morgan fingerprint density at radius 1 is 1.50 bits per heavy atom. The van der Waals surface area contributed by atoms with Crippen molar-refractivity contribution in [1.82, 2.24) is 15.1 Å². The van der Waals surface area contributed by atoms with Gasteiger partial charge < -0.3 is 15.2 Å². The van der Waals surface area contributed by atoms with Gasteiger partial charge in [-0.25, -0.2) is 0 Å². The van der Waals surface area contributed by atoms with Crippen molar-refractivity contribution in [3.63, 3.8) is 0 Å². The third-order valence-corrected chi connectivity index (χ3v) is 3.44. The van der Waals surface area contributed by atoms with Crippen LogP contribution >= 0.6 is 11.6 Å². The van der Waals surface area contributed by atoms with Crippen LogP contribution in [0.25, 0.3) is 0 Å². The Morgan fingerprint density at radius 3 is 3.05 bits per heavy atom. The number of carbonyl (C=O) groups is 1. The molecule has 0 saturated carbocycles. The third kappa shape index (κ3) is 4.75. The van der Waals surface area contributed by atoms with Crippen LogP contribution in [0.5, 0.6) is 5.75 Å². The highest BCUT2D eigenvalue weighted by molar-refractivity contribution is 6.31. The van der Waals surface area contributed by atoms with E-state index in [9.17, 15) is 9.90 Å². The molecule has 1 aromatic heterocycles. The van der Waals surface area contributed by atoms with Gasteiger partial charge in [-0.05, 0) is 17.7 Å². The maximum Gasteiger partial charge on any atom is 0.224 e. The number of rotatable bonds is 7. The SMILES string of the molecule is COCCn1cc(CNC(=O)Cc2ccc(O)cc2Cl)cn1. The summed E-state index contributed by atoms with van der Waals surface area (Å²) in [6.07, 6.45) is 3.74. The van der Waals surface area contributed by atoms with Gasteiger partial charge in [0.2, 0.25) is 5.91 Å². The van der Waals surface area contributed by atoms with Gasteiger partial charge in [-0.3, -0.25) is 9.48 Å². The molecular formula is C15H18ClN3O3. The number of hydrogen-bond acceptors (Lipinski definition) is 4. The fourth-order valence-corrected chi connectivity index (χ4v) is 2.16. The minimum absolute atomic E-state index is 0.0811. The molecule has 0 atom stereocenters. The van der Waals surface area contributed by atoms with Gasteiger partial charge in [0.05, 0.1) is 25.8 Å². The fourth-order valence-electron chi connectivity index (χ4n) is 1.92. The van der Waals surface area contributed by atoms with E-state index < -0.39 is 0 Å². The van der Waals surface area contributed by atoms with Gasteiger partial charge in [-0.2, -0.15) is 5.10 Å². The predicted molar refractivity (Wildman–Crippen MR) is 82.8 cm³/mol. The summed E-state index contributed by atoms with van der Waals surface area (Å²) in [6, 6.07) is 4.57. The van der Waals surface area contributed by atoms with Gasteiger partial charge in [0.25, 0.3) is 0 Å². The van der Waals surface area contributed by atoms with Crippen molar-refractivity contribution in [3.8, 4) is 5.75 Å². The van der Waals surface area contributed by atoms with Crippen molar-refractivity contribution in [3.05, 3.63) is 46.7 Å².